The average molecular weight is 192 g/mol. The van der Waals surface area contributed by atoms with Gasteiger partial charge in [0, 0.05) is 0 Å². The van der Waals surface area contributed by atoms with Crippen molar-refractivity contribution in [3.8, 4) is 0 Å². The SMILES string of the molecule is CCC(O)CCS(=O)(=O)O.[NaH]. The number of hydrogen-bond donors (Lipinski definition) is 2. The third kappa shape index (κ3) is 10.9. The molecule has 0 bridgehead atoms. The van der Waals surface area contributed by atoms with Crippen LogP contribution in [0.3, 0.4) is 0 Å². The quantitative estimate of drug-likeness (QED) is 0.460. The standard InChI is InChI=1S/C5H12O4S.Na.H/c1-2-5(6)3-4-10(7,8)9;;/h5-6H,2-4H2,1H3,(H,7,8,9);;. The molecule has 0 aliphatic heterocycles. The molecular formula is C5H13NaO4S. The Hall–Kier alpha value is 0.870. The van der Waals surface area contributed by atoms with Crippen LogP contribution in [0.2, 0.25) is 0 Å². The summed E-state index contributed by atoms with van der Waals surface area (Å²) >= 11 is 0. The predicted molar refractivity (Wildman–Crippen MR) is 44.5 cm³/mol. The summed E-state index contributed by atoms with van der Waals surface area (Å²) in [4.78, 5) is 0. The molecule has 0 fully saturated rings. The first-order valence-electron chi connectivity index (χ1n) is 3.09. The van der Waals surface area contributed by atoms with Crippen molar-refractivity contribution in [2.24, 2.45) is 0 Å². The molecule has 1 atom stereocenters. The minimum absolute atomic E-state index is 0. The Morgan fingerprint density at radius 3 is 2.18 bits per heavy atom. The molecule has 64 valence electrons. The second kappa shape index (κ2) is 6.39. The molecule has 2 N–H and O–H groups in total. The Labute approximate surface area is 89.0 Å². The van der Waals surface area contributed by atoms with Gasteiger partial charge in [-0.05, 0) is 12.8 Å². The van der Waals surface area contributed by atoms with Crippen LogP contribution < -0.4 is 0 Å². The Bertz CT molecular complexity index is 177. The fourth-order valence-electron chi connectivity index (χ4n) is 0.489. The first kappa shape index (κ1) is 14.4. The van der Waals surface area contributed by atoms with E-state index in [0.29, 0.717) is 6.42 Å². The number of hydrogen-bond acceptors (Lipinski definition) is 3. The summed E-state index contributed by atoms with van der Waals surface area (Å²) in [6.45, 7) is 1.74. The fourth-order valence-corrected chi connectivity index (χ4v) is 1.06. The van der Waals surface area contributed by atoms with Gasteiger partial charge in [-0.3, -0.25) is 4.55 Å². The summed E-state index contributed by atoms with van der Waals surface area (Å²) in [6, 6.07) is 0. The van der Waals surface area contributed by atoms with Crippen LogP contribution >= 0.6 is 0 Å². The van der Waals surface area contributed by atoms with E-state index in [1.807, 2.05) is 0 Å². The third-order valence-corrected chi connectivity index (χ3v) is 1.93. The van der Waals surface area contributed by atoms with Crippen LogP contribution in [-0.4, -0.2) is 59.5 Å². The zero-order chi connectivity index (χ0) is 8.20. The zero-order valence-electron chi connectivity index (χ0n) is 5.82. The van der Waals surface area contributed by atoms with E-state index < -0.39 is 16.2 Å². The van der Waals surface area contributed by atoms with Crippen molar-refractivity contribution >= 4 is 39.7 Å². The molecule has 0 aliphatic rings. The maximum absolute atomic E-state index is 10.1. The van der Waals surface area contributed by atoms with Crippen LogP contribution in [0.5, 0.6) is 0 Å². The van der Waals surface area contributed by atoms with Gasteiger partial charge in [-0.2, -0.15) is 8.42 Å². The molecule has 0 aliphatic carbocycles. The average Bonchev–Trinajstić information content (AvgIpc) is 1.81. The summed E-state index contributed by atoms with van der Waals surface area (Å²) in [5.74, 6) is -0.359. The van der Waals surface area contributed by atoms with Crippen LogP contribution in [0, 0.1) is 0 Å². The molecule has 0 radical (unpaired) electrons. The molecule has 0 rings (SSSR count). The van der Waals surface area contributed by atoms with Crippen LogP contribution in [0.25, 0.3) is 0 Å². The van der Waals surface area contributed by atoms with Gasteiger partial charge < -0.3 is 5.11 Å². The van der Waals surface area contributed by atoms with Gasteiger partial charge in [0.15, 0.2) is 0 Å². The van der Waals surface area contributed by atoms with Crippen LogP contribution in [0.15, 0.2) is 0 Å². The number of aliphatic hydroxyl groups excluding tert-OH is 1. The fraction of sp³-hybridized carbons (Fsp3) is 1.00. The van der Waals surface area contributed by atoms with E-state index in [1.165, 1.54) is 0 Å². The molecular weight excluding hydrogens is 179 g/mol. The van der Waals surface area contributed by atoms with E-state index in [-0.39, 0.29) is 41.7 Å². The summed E-state index contributed by atoms with van der Waals surface area (Å²) < 4.78 is 28.4. The monoisotopic (exact) mass is 192 g/mol. The molecule has 0 heterocycles. The Balaban J connectivity index is 0. The van der Waals surface area contributed by atoms with E-state index in [0.717, 1.165) is 0 Å². The first-order chi connectivity index (χ1) is 4.45. The summed E-state index contributed by atoms with van der Waals surface area (Å²) in [7, 11) is -3.89. The molecule has 6 heteroatoms. The second-order valence-corrected chi connectivity index (χ2v) is 3.71. The predicted octanol–water partition coefficient (Wildman–Crippen LogP) is -0.613. The minimum atomic E-state index is -3.89. The van der Waals surface area contributed by atoms with Gasteiger partial charge in [0.2, 0.25) is 0 Å². The normalized spacial score (nSPS) is 13.7. The Kier molecular flexibility index (Phi) is 8.37. The van der Waals surface area contributed by atoms with E-state index in [9.17, 15) is 8.42 Å². The van der Waals surface area contributed by atoms with Crippen molar-refractivity contribution in [2.45, 2.75) is 25.9 Å². The summed E-state index contributed by atoms with van der Waals surface area (Å²) in [5, 5.41) is 8.85. The third-order valence-electron chi connectivity index (χ3n) is 1.18. The van der Waals surface area contributed by atoms with Crippen molar-refractivity contribution in [2.75, 3.05) is 5.75 Å². The van der Waals surface area contributed by atoms with Crippen molar-refractivity contribution < 1.29 is 18.1 Å². The summed E-state index contributed by atoms with van der Waals surface area (Å²) in [5.41, 5.74) is 0. The van der Waals surface area contributed by atoms with Crippen molar-refractivity contribution in [3.63, 3.8) is 0 Å². The van der Waals surface area contributed by atoms with Gasteiger partial charge in [-0.15, -0.1) is 0 Å². The molecule has 1 unspecified atom stereocenters. The molecule has 0 amide bonds. The van der Waals surface area contributed by atoms with E-state index in [1.54, 1.807) is 6.92 Å². The second-order valence-electron chi connectivity index (χ2n) is 2.14. The van der Waals surface area contributed by atoms with Crippen LogP contribution in [0.4, 0.5) is 0 Å². The molecule has 11 heavy (non-hydrogen) atoms. The van der Waals surface area contributed by atoms with Crippen molar-refractivity contribution in [1.29, 1.82) is 0 Å². The number of rotatable bonds is 4. The van der Waals surface area contributed by atoms with Crippen molar-refractivity contribution in [3.05, 3.63) is 0 Å². The molecule has 0 aromatic heterocycles. The van der Waals surface area contributed by atoms with E-state index >= 15 is 0 Å². The van der Waals surface area contributed by atoms with Crippen LogP contribution in [-0.2, 0) is 10.1 Å². The molecule has 0 saturated heterocycles. The van der Waals surface area contributed by atoms with E-state index in [4.69, 9.17) is 9.66 Å². The van der Waals surface area contributed by atoms with Gasteiger partial charge in [-0.1, -0.05) is 6.92 Å². The van der Waals surface area contributed by atoms with Crippen molar-refractivity contribution in [1.82, 2.24) is 0 Å². The summed E-state index contributed by atoms with van der Waals surface area (Å²) in [6.07, 6.45) is -0.00729. The Morgan fingerprint density at radius 1 is 1.45 bits per heavy atom. The topological polar surface area (TPSA) is 74.6 Å². The molecule has 0 saturated carbocycles. The zero-order valence-corrected chi connectivity index (χ0v) is 6.63. The molecule has 4 nitrogen and oxygen atoms in total. The Morgan fingerprint density at radius 2 is 1.91 bits per heavy atom. The number of aliphatic hydroxyl groups is 1. The van der Waals surface area contributed by atoms with Gasteiger partial charge in [-0.25, -0.2) is 0 Å². The van der Waals surface area contributed by atoms with Gasteiger partial charge in [0.25, 0.3) is 10.1 Å². The molecule has 0 spiro atoms. The van der Waals surface area contributed by atoms with Crippen LogP contribution in [0.1, 0.15) is 19.8 Å². The first-order valence-corrected chi connectivity index (χ1v) is 4.70. The molecule has 0 aromatic rings. The maximum atomic E-state index is 10.1. The molecule has 0 aromatic carbocycles. The van der Waals surface area contributed by atoms with Gasteiger partial charge in [0.05, 0.1) is 11.9 Å². The van der Waals surface area contributed by atoms with Gasteiger partial charge in [0.1, 0.15) is 0 Å². The van der Waals surface area contributed by atoms with E-state index in [2.05, 4.69) is 0 Å². The van der Waals surface area contributed by atoms with Gasteiger partial charge >= 0.3 is 29.6 Å².